The van der Waals surface area contributed by atoms with E-state index in [9.17, 15) is 0 Å². The summed E-state index contributed by atoms with van der Waals surface area (Å²) in [5, 5.41) is 0. The highest BCUT2D eigenvalue weighted by Gasteiger charge is 2.13. The average Bonchev–Trinajstić information content (AvgIpc) is 2.96. The Balaban J connectivity index is 1.38. The van der Waals surface area contributed by atoms with Crippen LogP contribution in [-0.2, 0) is 0 Å². The van der Waals surface area contributed by atoms with Crippen molar-refractivity contribution in [2.24, 2.45) is 5.92 Å². The highest BCUT2D eigenvalue weighted by atomic mass is 16.5. The summed E-state index contributed by atoms with van der Waals surface area (Å²) in [6.07, 6.45) is 19.0. The Morgan fingerprint density at radius 3 is 2.42 bits per heavy atom. The molecule has 0 radical (unpaired) electrons. The molecule has 1 saturated carbocycles. The van der Waals surface area contributed by atoms with Crippen LogP contribution in [0.1, 0.15) is 64.2 Å². The van der Waals surface area contributed by atoms with Gasteiger partial charge in [0.1, 0.15) is 6.33 Å². The molecule has 0 aromatic carbocycles. The van der Waals surface area contributed by atoms with Crippen LogP contribution in [0.3, 0.4) is 0 Å². The number of hydrogen-bond donors (Lipinski definition) is 0. The summed E-state index contributed by atoms with van der Waals surface area (Å²) < 4.78 is 5.57. The van der Waals surface area contributed by atoms with Gasteiger partial charge in [0.25, 0.3) is 0 Å². The molecule has 3 heteroatoms. The molecular weight excluding hydrogens is 236 g/mol. The van der Waals surface area contributed by atoms with E-state index in [1.807, 2.05) is 0 Å². The molecule has 1 aromatic heterocycles. The average molecular weight is 262 g/mol. The van der Waals surface area contributed by atoms with Gasteiger partial charge in [-0.05, 0) is 12.3 Å². The summed E-state index contributed by atoms with van der Waals surface area (Å²) in [5.41, 5.74) is 0. The molecule has 1 aliphatic rings. The Bertz CT molecular complexity index is 323. The van der Waals surface area contributed by atoms with Gasteiger partial charge >= 0.3 is 0 Å². The predicted octanol–water partition coefficient (Wildman–Crippen LogP) is 4.39. The van der Waals surface area contributed by atoms with Crippen LogP contribution < -0.4 is 4.74 Å². The van der Waals surface area contributed by atoms with E-state index in [4.69, 9.17) is 4.74 Å². The zero-order valence-corrected chi connectivity index (χ0v) is 11.9. The van der Waals surface area contributed by atoms with Gasteiger partial charge in [-0.15, -0.1) is 0 Å². The molecule has 0 spiro atoms. The molecule has 0 atom stereocenters. The predicted molar refractivity (Wildman–Crippen MR) is 77.2 cm³/mol. The molecule has 1 aliphatic carbocycles. The smallest absolute Gasteiger partial charge is 0.155 e. The van der Waals surface area contributed by atoms with E-state index in [1.54, 1.807) is 12.4 Å². The molecule has 0 N–H and O–H groups in total. The van der Waals surface area contributed by atoms with Crippen molar-refractivity contribution in [3.8, 4) is 5.75 Å². The topological polar surface area (TPSA) is 35.0 Å². The maximum atomic E-state index is 5.57. The van der Waals surface area contributed by atoms with E-state index >= 15 is 0 Å². The molecule has 0 amide bonds. The fourth-order valence-electron chi connectivity index (χ4n) is 2.91. The van der Waals surface area contributed by atoms with Gasteiger partial charge in [-0.2, -0.15) is 0 Å². The van der Waals surface area contributed by atoms with Gasteiger partial charge in [-0.25, -0.2) is 9.97 Å². The lowest BCUT2D eigenvalue weighted by Crippen LogP contribution is -1.98. The van der Waals surface area contributed by atoms with Crippen LogP contribution in [0.4, 0.5) is 0 Å². The van der Waals surface area contributed by atoms with E-state index in [2.05, 4.69) is 9.97 Å². The highest BCUT2D eigenvalue weighted by molar-refractivity contribution is 5.09. The zero-order chi connectivity index (χ0) is 13.2. The summed E-state index contributed by atoms with van der Waals surface area (Å²) in [4.78, 5) is 7.85. The number of hydrogen-bond acceptors (Lipinski definition) is 3. The van der Waals surface area contributed by atoms with Gasteiger partial charge in [0.05, 0.1) is 19.0 Å². The Morgan fingerprint density at radius 1 is 0.947 bits per heavy atom. The molecule has 106 valence electrons. The summed E-state index contributed by atoms with van der Waals surface area (Å²) in [5.74, 6) is 1.84. The molecule has 19 heavy (non-hydrogen) atoms. The number of unbranched alkanes of at least 4 members (excludes halogenated alkanes) is 4. The normalized spacial score (nSPS) is 15.8. The number of nitrogens with zero attached hydrogens (tertiary/aromatic N) is 2. The van der Waals surface area contributed by atoms with E-state index in [0.29, 0.717) is 0 Å². The van der Waals surface area contributed by atoms with Gasteiger partial charge in [0.2, 0.25) is 0 Å². The van der Waals surface area contributed by atoms with Crippen molar-refractivity contribution in [3.63, 3.8) is 0 Å². The van der Waals surface area contributed by atoms with Gasteiger partial charge in [0, 0.05) is 0 Å². The molecule has 3 nitrogen and oxygen atoms in total. The zero-order valence-electron chi connectivity index (χ0n) is 11.9. The monoisotopic (exact) mass is 262 g/mol. The number of aromatic nitrogens is 2. The van der Waals surface area contributed by atoms with Crippen LogP contribution in [0.15, 0.2) is 18.7 Å². The first-order valence-electron chi connectivity index (χ1n) is 7.83. The minimum atomic E-state index is 0.781. The molecule has 0 bridgehead atoms. The summed E-state index contributed by atoms with van der Waals surface area (Å²) in [6.45, 7) is 0.788. The fourth-order valence-corrected chi connectivity index (χ4v) is 2.91. The first-order chi connectivity index (χ1) is 9.45. The maximum Gasteiger partial charge on any atom is 0.155 e. The Labute approximate surface area is 116 Å². The second-order valence-electron chi connectivity index (χ2n) is 5.63. The first-order valence-corrected chi connectivity index (χ1v) is 7.83. The van der Waals surface area contributed by atoms with Crippen molar-refractivity contribution >= 4 is 0 Å². The lowest BCUT2D eigenvalue weighted by Gasteiger charge is -2.08. The van der Waals surface area contributed by atoms with Crippen LogP contribution in [0.25, 0.3) is 0 Å². The fraction of sp³-hybridized carbons (Fsp3) is 0.750. The van der Waals surface area contributed by atoms with E-state index in [-0.39, 0.29) is 0 Å². The van der Waals surface area contributed by atoms with Crippen LogP contribution in [0.5, 0.6) is 5.75 Å². The maximum absolute atomic E-state index is 5.57. The minimum absolute atomic E-state index is 0.781. The summed E-state index contributed by atoms with van der Waals surface area (Å²) in [7, 11) is 0. The largest absolute Gasteiger partial charge is 0.490 e. The Kier molecular flexibility index (Phi) is 6.69. The van der Waals surface area contributed by atoms with E-state index < -0.39 is 0 Å². The third-order valence-corrected chi connectivity index (χ3v) is 4.04. The summed E-state index contributed by atoms with van der Waals surface area (Å²) >= 11 is 0. The van der Waals surface area contributed by atoms with Crippen molar-refractivity contribution in [3.05, 3.63) is 18.7 Å². The van der Waals surface area contributed by atoms with E-state index in [0.717, 1.165) is 24.7 Å². The SMILES string of the molecule is c1ncc(OCCCCCCCC2CCCC2)cn1. The van der Waals surface area contributed by atoms with Crippen molar-refractivity contribution in [1.29, 1.82) is 0 Å². The van der Waals surface area contributed by atoms with Crippen LogP contribution >= 0.6 is 0 Å². The number of rotatable bonds is 9. The minimum Gasteiger partial charge on any atom is -0.490 e. The van der Waals surface area contributed by atoms with Crippen LogP contribution in [0.2, 0.25) is 0 Å². The second kappa shape index (κ2) is 8.89. The van der Waals surface area contributed by atoms with Crippen molar-refractivity contribution < 1.29 is 4.74 Å². The van der Waals surface area contributed by atoms with E-state index in [1.165, 1.54) is 64.1 Å². The molecule has 0 unspecified atom stereocenters. The van der Waals surface area contributed by atoms with Crippen LogP contribution in [-0.4, -0.2) is 16.6 Å². The molecule has 0 saturated heterocycles. The Hall–Kier alpha value is -1.12. The van der Waals surface area contributed by atoms with Gasteiger partial charge in [0.15, 0.2) is 5.75 Å². The Morgan fingerprint density at radius 2 is 1.63 bits per heavy atom. The van der Waals surface area contributed by atoms with Crippen LogP contribution in [0, 0.1) is 5.92 Å². The molecule has 1 aromatic rings. The van der Waals surface area contributed by atoms with Crippen molar-refractivity contribution in [2.75, 3.05) is 6.61 Å². The van der Waals surface area contributed by atoms with Gasteiger partial charge in [-0.3, -0.25) is 0 Å². The molecule has 0 aliphatic heterocycles. The van der Waals surface area contributed by atoms with Gasteiger partial charge < -0.3 is 4.74 Å². The number of ether oxygens (including phenoxy) is 1. The molecule has 2 rings (SSSR count). The standard InChI is InChI=1S/C16H26N2O/c1(2-4-8-15-9-5-6-10-15)3-7-11-19-16-12-17-14-18-13-16/h12-15H,1-11H2. The second-order valence-corrected chi connectivity index (χ2v) is 5.63. The third-order valence-electron chi connectivity index (χ3n) is 4.04. The highest BCUT2D eigenvalue weighted by Crippen LogP contribution is 2.29. The van der Waals surface area contributed by atoms with Gasteiger partial charge in [-0.1, -0.05) is 57.8 Å². The molecule has 1 heterocycles. The first kappa shape index (κ1) is 14.3. The molecule has 1 fully saturated rings. The lowest BCUT2D eigenvalue weighted by atomic mass is 9.99. The lowest BCUT2D eigenvalue weighted by molar-refractivity contribution is 0.301. The quantitative estimate of drug-likeness (QED) is 0.619. The molecular formula is C16H26N2O. The van der Waals surface area contributed by atoms with Crippen molar-refractivity contribution in [2.45, 2.75) is 64.2 Å². The summed E-state index contributed by atoms with van der Waals surface area (Å²) in [6, 6.07) is 0. The van der Waals surface area contributed by atoms with Crippen molar-refractivity contribution in [1.82, 2.24) is 9.97 Å². The third kappa shape index (κ3) is 6.04.